The lowest BCUT2D eigenvalue weighted by atomic mass is 9.81. The molecule has 1 N–H and O–H groups in total. The molecule has 2 aromatic rings. The summed E-state index contributed by atoms with van der Waals surface area (Å²) in [7, 11) is 0. The van der Waals surface area contributed by atoms with Gasteiger partial charge in [0.25, 0.3) is 6.17 Å². The van der Waals surface area contributed by atoms with E-state index in [0.717, 1.165) is 15.9 Å². The molecule has 0 radical (unpaired) electrons. The van der Waals surface area contributed by atoms with Gasteiger partial charge in [0.1, 0.15) is 0 Å². The lowest BCUT2D eigenvalue weighted by Gasteiger charge is -2.34. The van der Waals surface area contributed by atoms with Crippen molar-refractivity contribution < 1.29 is 4.76 Å². The molecule has 1 unspecified atom stereocenters. The predicted octanol–water partition coefficient (Wildman–Crippen LogP) is 3.17. The summed E-state index contributed by atoms with van der Waals surface area (Å²) in [5.41, 5.74) is 1.80. The number of nitrogens with one attached hydrogen (secondary N) is 1. The first kappa shape index (κ1) is 12.8. The molecule has 0 saturated carbocycles. The molecule has 3 heteroatoms. The van der Waals surface area contributed by atoms with E-state index in [2.05, 4.69) is 29.6 Å². The van der Waals surface area contributed by atoms with Gasteiger partial charge >= 0.3 is 0 Å². The second-order valence-corrected chi connectivity index (χ2v) is 5.04. The van der Waals surface area contributed by atoms with E-state index in [-0.39, 0.29) is 6.17 Å². The lowest BCUT2D eigenvalue weighted by Crippen LogP contribution is -2.52. The molecule has 0 bridgehead atoms. The summed E-state index contributed by atoms with van der Waals surface area (Å²) in [5.74, 6) is 0. The molecule has 0 fully saturated rings. The molecule has 1 aliphatic rings. The van der Waals surface area contributed by atoms with Crippen LogP contribution in [0.25, 0.3) is 0 Å². The summed E-state index contributed by atoms with van der Waals surface area (Å²) in [6, 6.07) is 20.4. The van der Waals surface area contributed by atoms with Gasteiger partial charge in [-0.15, -0.1) is 0 Å². The quantitative estimate of drug-likeness (QED) is 0.846. The molecular formula is C17H17N2O+. The van der Waals surface area contributed by atoms with Crippen molar-refractivity contribution in [3.05, 3.63) is 89.0 Å². The van der Waals surface area contributed by atoms with E-state index in [0.29, 0.717) is 0 Å². The van der Waals surface area contributed by atoms with E-state index in [1.165, 1.54) is 0 Å². The number of hydrogen-bond donors (Lipinski definition) is 1. The van der Waals surface area contributed by atoms with Gasteiger partial charge in [0, 0.05) is 22.7 Å². The van der Waals surface area contributed by atoms with Crippen LogP contribution in [-0.2, 0) is 5.54 Å². The van der Waals surface area contributed by atoms with Crippen LogP contribution in [0, 0.1) is 4.91 Å². The maximum Gasteiger partial charge on any atom is 0.258 e. The molecule has 1 atom stereocenters. The van der Waals surface area contributed by atoms with Gasteiger partial charge in [-0.05, 0) is 11.1 Å². The van der Waals surface area contributed by atoms with Crippen molar-refractivity contribution in [2.45, 2.75) is 18.6 Å². The first-order chi connectivity index (χ1) is 9.72. The minimum absolute atomic E-state index is 0.277. The van der Waals surface area contributed by atoms with Crippen molar-refractivity contribution in [3.63, 3.8) is 0 Å². The largest absolute Gasteiger partial charge is 0.258 e. The Morgan fingerprint density at radius 3 is 1.90 bits per heavy atom. The molecule has 20 heavy (non-hydrogen) atoms. The van der Waals surface area contributed by atoms with Gasteiger partial charge in [-0.1, -0.05) is 60.7 Å². The van der Waals surface area contributed by atoms with Crippen molar-refractivity contribution in [2.75, 3.05) is 0 Å². The van der Waals surface area contributed by atoms with E-state index in [4.69, 9.17) is 0 Å². The summed E-state index contributed by atoms with van der Waals surface area (Å²) in [4.78, 5) is 11.7. The van der Waals surface area contributed by atoms with Crippen LogP contribution < -0.4 is 5.32 Å². The molecule has 3 nitrogen and oxygen atoms in total. The Bertz CT molecular complexity index is 595. The fraction of sp³-hybridized carbons (Fsp3) is 0.176. The maximum atomic E-state index is 11.7. The molecule has 1 aliphatic heterocycles. The summed E-state index contributed by atoms with van der Waals surface area (Å²) in [5, 5.41) is 3.44. The molecule has 0 saturated heterocycles. The highest BCUT2D eigenvalue weighted by atomic mass is 16.3. The zero-order valence-corrected chi connectivity index (χ0v) is 11.4. The Balaban J connectivity index is 2.19. The maximum absolute atomic E-state index is 11.7. The average molecular weight is 265 g/mol. The van der Waals surface area contributed by atoms with Gasteiger partial charge in [0.2, 0.25) is 6.20 Å². The molecule has 1 heterocycles. The molecule has 3 rings (SSSR count). The van der Waals surface area contributed by atoms with Gasteiger partial charge in [-0.2, -0.15) is 0 Å². The third kappa shape index (κ3) is 2.06. The minimum Gasteiger partial charge on any atom is -0.238 e. The van der Waals surface area contributed by atoms with Crippen LogP contribution in [0.5, 0.6) is 0 Å². The van der Waals surface area contributed by atoms with Gasteiger partial charge in [0.05, 0.1) is 5.54 Å². The molecule has 0 aromatic heterocycles. The molecule has 0 amide bonds. The molecular weight excluding hydrogens is 248 g/mol. The van der Waals surface area contributed by atoms with E-state index < -0.39 is 5.54 Å². The Morgan fingerprint density at radius 2 is 1.45 bits per heavy atom. The summed E-state index contributed by atoms with van der Waals surface area (Å²) in [6.07, 6.45) is 3.27. The number of hydrogen-bond acceptors (Lipinski definition) is 2. The average Bonchev–Trinajstić information content (AvgIpc) is 2.52. The second-order valence-electron chi connectivity index (χ2n) is 5.04. The van der Waals surface area contributed by atoms with E-state index in [9.17, 15) is 4.91 Å². The fourth-order valence-corrected chi connectivity index (χ4v) is 2.68. The van der Waals surface area contributed by atoms with Gasteiger partial charge in [0.15, 0.2) is 0 Å². The number of nitrogens with zero attached hydrogens (tertiary/aromatic N) is 1. The molecule has 0 spiro atoms. The van der Waals surface area contributed by atoms with Gasteiger partial charge in [-0.3, -0.25) is 0 Å². The second kappa shape index (κ2) is 5.02. The number of nitroso groups, excluding NO2 is 1. The number of rotatable bonds is 2. The monoisotopic (exact) mass is 265 g/mol. The molecule has 100 valence electrons. The van der Waals surface area contributed by atoms with Gasteiger partial charge < -0.3 is 0 Å². The molecule has 0 aliphatic carbocycles. The van der Waals surface area contributed by atoms with Crippen molar-refractivity contribution in [1.29, 1.82) is 0 Å². The minimum atomic E-state index is -0.456. The van der Waals surface area contributed by atoms with E-state index in [1.807, 2.05) is 49.4 Å². The number of benzene rings is 2. The SMILES string of the molecule is CC1NC(c2ccccc2)(c2ccccc2)C=C[N+]1=O. The predicted molar refractivity (Wildman–Crippen MR) is 79.0 cm³/mol. The van der Waals surface area contributed by atoms with Crippen molar-refractivity contribution in [3.8, 4) is 0 Å². The smallest absolute Gasteiger partial charge is 0.238 e. The van der Waals surface area contributed by atoms with Crippen molar-refractivity contribution in [2.24, 2.45) is 0 Å². The summed E-state index contributed by atoms with van der Waals surface area (Å²) in [6.45, 7) is 1.87. The highest BCUT2D eigenvalue weighted by Gasteiger charge is 2.40. The Hall–Kier alpha value is -2.26. The van der Waals surface area contributed by atoms with Crippen LogP contribution >= 0.6 is 0 Å². The lowest BCUT2D eigenvalue weighted by molar-refractivity contribution is -0.531. The summed E-state index contributed by atoms with van der Waals surface area (Å²) >= 11 is 0. The Labute approximate surface area is 118 Å². The van der Waals surface area contributed by atoms with Crippen LogP contribution in [0.15, 0.2) is 72.9 Å². The summed E-state index contributed by atoms with van der Waals surface area (Å²) < 4.78 is 0.935. The van der Waals surface area contributed by atoms with Gasteiger partial charge in [-0.25, -0.2) is 5.32 Å². The third-order valence-corrected chi connectivity index (χ3v) is 3.75. The zero-order chi connectivity index (χ0) is 14.0. The fourth-order valence-electron chi connectivity index (χ4n) is 2.68. The topological polar surface area (TPSA) is 32.1 Å². The van der Waals surface area contributed by atoms with Crippen molar-refractivity contribution >= 4 is 0 Å². The van der Waals surface area contributed by atoms with Crippen LogP contribution in [0.1, 0.15) is 18.1 Å². The Morgan fingerprint density at radius 1 is 0.950 bits per heavy atom. The Kier molecular flexibility index (Phi) is 3.20. The first-order valence-corrected chi connectivity index (χ1v) is 6.76. The van der Waals surface area contributed by atoms with Crippen LogP contribution in [0.3, 0.4) is 0 Å². The highest BCUT2D eigenvalue weighted by Crippen LogP contribution is 2.33. The highest BCUT2D eigenvalue weighted by molar-refractivity contribution is 5.43. The standard InChI is InChI=1S/C17H17N2O/c1-14-18-17(12-13-19(14)20,15-8-4-2-5-9-15)16-10-6-3-7-11-16/h2-14,18H,1H3/q+1. The van der Waals surface area contributed by atoms with Crippen molar-refractivity contribution in [1.82, 2.24) is 5.32 Å². The zero-order valence-electron chi connectivity index (χ0n) is 11.4. The third-order valence-electron chi connectivity index (χ3n) is 3.75. The normalized spacial score (nSPS) is 20.9. The van der Waals surface area contributed by atoms with E-state index >= 15 is 0 Å². The van der Waals surface area contributed by atoms with Crippen LogP contribution in [0.2, 0.25) is 0 Å². The van der Waals surface area contributed by atoms with Crippen LogP contribution in [-0.4, -0.2) is 10.9 Å². The van der Waals surface area contributed by atoms with Crippen LogP contribution in [0.4, 0.5) is 0 Å². The van der Waals surface area contributed by atoms with E-state index in [1.54, 1.807) is 6.20 Å². The molecule has 2 aromatic carbocycles. The first-order valence-electron chi connectivity index (χ1n) is 6.76.